The Hall–Kier alpha value is -2.58. The van der Waals surface area contributed by atoms with Gasteiger partial charge in [-0.15, -0.1) is 0 Å². The number of nitrogens with zero attached hydrogens (tertiary/aromatic N) is 4. The molecule has 0 radical (unpaired) electrons. The lowest BCUT2D eigenvalue weighted by Gasteiger charge is -2.07. The van der Waals surface area contributed by atoms with Crippen LogP contribution in [0.4, 0.5) is 0 Å². The first-order valence-electron chi connectivity index (χ1n) is 7.34. The van der Waals surface area contributed by atoms with Crippen molar-refractivity contribution in [2.45, 2.75) is 12.3 Å². The van der Waals surface area contributed by atoms with Crippen molar-refractivity contribution in [3.63, 3.8) is 0 Å². The Kier molecular flexibility index (Phi) is 4.68. The molecule has 8 heteroatoms. The fraction of sp³-hybridized carbons (Fsp3) is 0.188. The molecule has 2 heterocycles. The van der Waals surface area contributed by atoms with Crippen molar-refractivity contribution >= 4 is 10.0 Å². The zero-order valence-corrected chi connectivity index (χ0v) is 13.9. The van der Waals surface area contributed by atoms with Crippen LogP contribution in [0.25, 0.3) is 11.4 Å². The number of hydrogen-bond donors (Lipinski definition) is 1. The summed E-state index contributed by atoms with van der Waals surface area (Å²) in [5.74, 6) is -0.0529. The highest BCUT2D eigenvalue weighted by atomic mass is 32.2. The van der Waals surface area contributed by atoms with Gasteiger partial charge in [0.25, 0.3) is 0 Å². The van der Waals surface area contributed by atoms with Crippen molar-refractivity contribution in [3.05, 3.63) is 66.2 Å². The highest BCUT2D eigenvalue weighted by molar-refractivity contribution is 7.88. The van der Waals surface area contributed by atoms with Crippen molar-refractivity contribution in [2.24, 2.45) is 7.05 Å². The van der Waals surface area contributed by atoms with E-state index < -0.39 is 10.0 Å². The van der Waals surface area contributed by atoms with E-state index in [1.165, 1.54) is 0 Å². The van der Waals surface area contributed by atoms with Crippen LogP contribution in [-0.2, 0) is 29.4 Å². The van der Waals surface area contributed by atoms with Gasteiger partial charge in [-0.3, -0.25) is 14.6 Å². The molecule has 0 spiro atoms. The lowest BCUT2D eigenvalue weighted by atomic mass is 10.2. The molecule has 0 bridgehead atoms. The summed E-state index contributed by atoms with van der Waals surface area (Å²) in [4.78, 5) is 8.20. The van der Waals surface area contributed by atoms with Crippen LogP contribution < -0.4 is 4.72 Å². The first-order valence-corrected chi connectivity index (χ1v) is 8.99. The summed E-state index contributed by atoms with van der Waals surface area (Å²) in [6.07, 6.45) is 4.79. The molecule has 0 fully saturated rings. The minimum atomic E-state index is -3.42. The van der Waals surface area contributed by atoms with Gasteiger partial charge in [0.2, 0.25) is 10.0 Å². The third kappa shape index (κ3) is 4.03. The Bertz CT molecular complexity index is 908. The molecule has 3 aromatic rings. The van der Waals surface area contributed by atoms with Gasteiger partial charge in [-0.1, -0.05) is 30.3 Å². The fourth-order valence-corrected chi connectivity index (χ4v) is 3.36. The Balaban J connectivity index is 1.69. The maximum Gasteiger partial charge on any atom is 0.216 e. The van der Waals surface area contributed by atoms with Crippen LogP contribution in [0.1, 0.15) is 11.3 Å². The summed E-state index contributed by atoms with van der Waals surface area (Å²) in [5.41, 5.74) is 2.79. The second kappa shape index (κ2) is 6.90. The highest BCUT2D eigenvalue weighted by Gasteiger charge is 2.14. The third-order valence-corrected chi connectivity index (χ3v) is 4.77. The van der Waals surface area contributed by atoms with E-state index in [-0.39, 0.29) is 12.3 Å². The summed E-state index contributed by atoms with van der Waals surface area (Å²) < 4.78 is 28.6. The predicted molar refractivity (Wildman–Crippen MR) is 90.1 cm³/mol. The molecule has 3 rings (SSSR count). The van der Waals surface area contributed by atoms with E-state index in [2.05, 4.69) is 19.8 Å². The van der Waals surface area contributed by atoms with E-state index in [1.54, 1.807) is 48.5 Å². The molecule has 1 N–H and O–H groups in total. The summed E-state index contributed by atoms with van der Waals surface area (Å²) in [6, 6.07) is 10.9. The Morgan fingerprint density at radius 2 is 1.92 bits per heavy atom. The lowest BCUT2D eigenvalue weighted by molar-refractivity contribution is 0.576. The van der Waals surface area contributed by atoms with Gasteiger partial charge in [0.05, 0.1) is 24.2 Å². The second-order valence-electron chi connectivity index (χ2n) is 5.30. The van der Waals surface area contributed by atoms with E-state index in [0.717, 1.165) is 11.3 Å². The summed E-state index contributed by atoms with van der Waals surface area (Å²) in [5, 5.41) is 4.34. The Morgan fingerprint density at radius 3 is 2.62 bits per heavy atom. The predicted octanol–water partition coefficient (Wildman–Crippen LogP) is 1.50. The molecule has 0 saturated carbocycles. The normalized spacial score (nSPS) is 11.5. The SMILES string of the molecule is Cn1nc(-c2cnccn2)cc1CNS(=O)(=O)Cc1ccccc1. The minimum Gasteiger partial charge on any atom is -0.271 e. The molecule has 0 atom stereocenters. The van der Waals surface area contributed by atoms with Gasteiger partial charge in [-0.2, -0.15) is 5.10 Å². The standard InChI is InChI=1S/C16H17N5O2S/c1-21-14(9-15(20-21)16-11-17-7-8-18-16)10-19-24(22,23)12-13-5-3-2-4-6-13/h2-9,11,19H,10,12H2,1H3. The van der Waals surface area contributed by atoms with Crippen LogP contribution in [0.5, 0.6) is 0 Å². The molecule has 0 aliphatic rings. The Morgan fingerprint density at radius 1 is 1.12 bits per heavy atom. The van der Waals surface area contributed by atoms with E-state index >= 15 is 0 Å². The van der Waals surface area contributed by atoms with E-state index in [4.69, 9.17) is 0 Å². The molecule has 24 heavy (non-hydrogen) atoms. The van der Waals surface area contributed by atoms with Crippen molar-refractivity contribution in [1.82, 2.24) is 24.5 Å². The zero-order chi connectivity index (χ0) is 17.0. The van der Waals surface area contributed by atoms with Gasteiger partial charge in [-0.05, 0) is 11.6 Å². The monoisotopic (exact) mass is 343 g/mol. The molecule has 0 unspecified atom stereocenters. The highest BCUT2D eigenvalue weighted by Crippen LogP contribution is 2.15. The molecular formula is C16H17N5O2S. The molecular weight excluding hydrogens is 326 g/mol. The smallest absolute Gasteiger partial charge is 0.216 e. The first-order chi connectivity index (χ1) is 11.5. The topological polar surface area (TPSA) is 89.8 Å². The molecule has 0 aliphatic heterocycles. The lowest BCUT2D eigenvalue weighted by Crippen LogP contribution is -2.25. The van der Waals surface area contributed by atoms with Crippen LogP contribution in [0, 0.1) is 0 Å². The van der Waals surface area contributed by atoms with Crippen LogP contribution in [0.3, 0.4) is 0 Å². The number of aryl methyl sites for hydroxylation is 1. The van der Waals surface area contributed by atoms with Gasteiger partial charge in [0.15, 0.2) is 0 Å². The maximum atomic E-state index is 12.2. The first kappa shape index (κ1) is 16.3. The van der Waals surface area contributed by atoms with Crippen LogP contribution >= 0.6 is 0 Å². The third-order valence-electron chi connectivity index (χ3n) is 3.48. The minimum absolute atomic E-state index is 0.0529. The number of hydrogen-bond acceptors (Lipinski definition) is 5. The molecule has 1 aromatic carbocycles. The van der Waals surface area contributed by atoms with Crippen molar-refractivity contribution < 1.29 is 8.42 Å². The summed E-state index contributed by atoms with van der Waals surface area (Å²) in [6.45, 7) is 0.166. The largest absolute Gasteiger partial charge is 0.271 e. The maximum absolute atomic E-state index is 12.2. The van der Waals surface area contributed by atoms with E-state index in [1.807, 2.05) is 18.2 Å². The average molecular weight is 343 g/mol. The molecule has 0 saturated heterocycles. The quantitative estimate of drug-likeness (QED) is 0.732. The Labute approximate surface area is 140 Å². The van der Waals surface area contributed by atoms with Crippen molar-refractivity contribution in [3.8, 4) is 11.4 Å². The second-order valence-corrected chi connectivity index (χ2v) is 7.11. The molecule has 0 amide bonds. The fourth-order valence-electron chi connectivity index (χ4n) is 2.26. The average Bonchev–Trinajstić information content (AvgIpc) is 2.95. The molecule has 2 aromatic heterocycles. The molecule has 124 valence electrons. The molecule has 0 aliphatic carbocycles. The van der Waals surface area contributed by atoms with Gasteiger partial charge >= 0.3 is 0 Å². The van der Waals surface area contributed by atoms with Gasteiger partial charge in [-0.25, -0.2) is 13.1 Å². The van der Waals surface area contributed by atoms with Gasteiger partial charge in [0, 0.05) is 19.4 Å². The van der Waals surface area contributed by atoms with Crippen LogP contribution in [0.15, 0.2) is 55.0 Å². The van der Waals surface area contributed by atoms with Gasteiger partial charge < -0.3 is 0 Å². The van der Waals surface area contributed by atoms with Crippen molar-refractivity contribution in [2.75, 3.05) is 0 Å². The number of nitrogens with one attached hydrogen (secondary N) is 1. The summed E-state index contributed by atoms with van der Waals surface area (Å²) >= 11 is 0. The van der Waals surface area contributed by atoms with Crippen molar-refractivity contribution in [1.29, 1.82) is 0 Å². The summed E-state index contributed by atoms with van der Waals surface area (Å²) in [7, 11) is -1.66. The van der Waals surface area contributed by atoms with Gasteiger partial charge in [0.1, 0.15) is 11.4 Å². The number of aromatic nitrogens is 4. The number of rotatable bonds is 6. The zero-order valence-electron chi connectivity index (χ0n) is 13.1. The van der Waals surface area contributed by atoms with Crippen LogP contribution in [0.2, 0.25) is 0 Å². The number of benzene rings is 1. The van der Waals surface area contributed by atoms with E-state index in [0.29, 0.717) is 11.4 Å². The molecule has 7 nitrogen and oxygen atoms in total. The van der Waals surface area contributed by atoms with Crippen LogP contribution in [-0.4, -0.2) is 28.2 Å². The number of sulfonamides is 1. The van der Waals surface area contributed by atoms with E-state index in [9.17, 15) is 8.42 Å².